The molecule has 3 aromatic rings. The number of fused-ring (bicyclic) bond motifs is 3. The van der Waals surface area contributed by atoms with Crippen molar-refractivity contribution in [2.75, 3.05) is 5.32 Å². The maximum absolute atomic E-state index is 12.0. The lowest BCUT2D eigenvalue weighted by atomic mass is 9.78. The van der Waals surface area contributed by atoms with Gasteiger partial charge in [0.25, 0.3) is 0 Å². The number of hydrogen-bond donors (Lipinski definition) is 3. The summed E-state index contributed by atoms with van der Waals surface area (Å²) in [6.45, 7) is 0. The van der Waals surface area contributed by atoms with Crippen LogP contribution >= 0.6 is 0 Å². The SMILES string of the molecule is O=C(Nc1coc2ccoc12)NC1CCCCC1.O=C1CCc2c(O[C@@H]3CC(O)[C@@H]4CCC(=O)C4C3)cccc21. The highest BCUT2D eigenvalue weighted by atomic mass is 16.5. The molecule has 3 fully saturated rings. The van der Waals surface area contributed by atoms with Gasteiger partial charge in [0.2, 0.25) is 0 Å². The average Bonchev–Trinajstić information content (AvgIpc) is 3.73. The third kappa shape index (κ3) is 5.52. The van der Waals surface area contributed by atoms with Crippen LogP contribution < -0.4 is 15.4 Å². The highest BCUT2D eigenvalue weighted by Crippen LogP contribution is 2.42. The second kappa shape index (κ2) is 11.5. The van der Waals surface area contributed by atoms with E-state index in [2.05, 4.69) is 10.6 Å². The number of amides is 2. The number of nitrogens with one attached hydrogen (secondary N) is 2. The summed E-state index contributed by atoms with van der Waals surface area (Å²) < 4.78 is 16.6. The van der Waals surface area contributed by atoms with E-state index in [1.54, 1.807) is 12.3 Å². The Bertz CT molecular complexity index is 1390. The number of anilines is 1. The quantitative estimate of drug-likeness (QED) is 0.376. The van der Waals surface area contributed by atoms with Crippen LogP contribution in [-0.4, -0.2) is 41.0 Å². The molecule has 1 aromatic carbocycles. The van der Waals surface area contributed by atoms with Gasteiger partial charge in [0.1, 0.15) is 29.6 Å². The molecule has 2 aromatic heterocycles. The smallest absolute Gasteiger partial charge is 0.319 e. The van der Waals surface area contributed by atoms with E-state index in [-0.39, 0.29) is 41.6 Å². The summed E-state index contributed by atoms with van der Waals surface area (Å²) in [6, 6.07) is 7.41. The van der Waals surface area contributed by atoms with E-state index >= 15 is 0 Å². The molecule has 3 N–H and O–H groups in total. The number of ether oxygens (including phenoxy) is 1. The molecule has 9 nitrogen and oxygen atoms in total. The van der Waals surface area contributed by atoms with Crippen LogP contribution in [0.15, 0.2) is 45.6 Å². The molecular formula is C31H36N2O7. The molecule has 7 rings (SSSR count). The van der Waals surface area contributed by atoms with Gasteiger partial charge in [-0.1, -0.05) is 31.4 Å². The number of carbonyl (C=O) groups is 3. The predicted octanol–water partition coefficient (Wildman–Crippen LogP) is 5.79. The van der Waals surface area contributed by atoms with Gasteiger partial charge in [-0.3, -0.25) is 9.59 Å². The lowest BCUT2D eigenvalue weighted by Gasteiger charge is -2.35. The van der Waals surface area contributed by atoms with Crippen LogP contribution in [0.25, 0.3) is 11.2 Å². The second-order valence-electron chi connectivity index (χ2n) is 11.5. The monoisotopic (exact) mass is 548 g/mol. The fourth-order valence-electron chi connectivity index (χ4n) is 6.81. The topological polar surface area (TPSA) is 131 Å². The first kappa shape index (κ1) is 26.6. The van der Waals surface area contributed by atoms with E-state index in [1.807, 2.05) is 18.2 Å². The maximum Gasteiger partial charge on any atom is 0.319 e. The van der Waals surface area contributed by atoms with Crippen LogP contribution in [0.4, 0.5) is 10.5 Å². The Kier molecular flexibility index (Phi) is 7.65. The zero-order valence-electron chi connectivity index (χ0n) is 22.5. The van der Waals surface area contributed by atoms with E-state index in [0.717, 1.165) is 42.6 Å². The number of aliphatic hydroxyl groups is 1. The first-order chi connectivity index (χ1) is 19.5. The van der Waals surface area contributed by atoms with Crippen molar-refractivity contribution in [1.29, 1.82) is 0 Å². The molecule has 4 atom stereocenters. The van der Waals surface area contributed by atoms with Crippen molar-refractivity contribution in [3.05, 3.63) is 47.9 Å². The Morgan fingerprint density at radius 2 is 1.82 bits per heavy atom. The van der Waals surface area contributed by atoms with Crippen molar-refractivity contribution in [3.8, 4) is 5.75 Å². The summed E-state index contributed by atoms with van der Waals surface area (Å²) in [5.74, 6) is 1.27. The number of rotatable bonds is 4. The van der Waals surface area contributed by atoms with Gasteiger partial charge in [-0.15, -0.1) is 0 Å². The number of urea groups is 1. The molecule has 9 heteroatoms. The molecule has 4 aliphatic rings. The van der Waals surface area contributed by atoms with Crippen molar-refractivity contribution in [3.63, 3.8) is 0 Å². The van der Waals surface area contributed by atoms with E-state index in [1.165, 1.54) is 25.5 Å². The van der Waals surface area contributed by atoms with E-state index in [0.29, 0.717) is 42.5 Å². The molecule has 2 unspecified atom stereocenters. The number of hydrogen-bond acceptors (Lipinski definition) is 7. The van der Waals surface area contributed by atoms with Crippen molar-refractivity contribution >= 4 is 34.5 Å². The van der Waals surface area contributed by atoms with Crippen LogP contribution in [0.5, 0.6) is 5.75 Å². The Labute approximate surface area is 232 Å². The largest absolute Gasteiger partial charge is 0.490 e. The van der Waals surface area contributed by atoms with Gasteiger partial charge in [-0.25, -0.2) is 4.79 Å². The molecule has 40 heavy (non-hydrogen) atoms. The zero-order valence-corrected chi connectivity index (χ0v) is 22.5. The van der Waals surface area contributed by atoms with Gasteiger partial charge in [0.05, 0.1) is 12.4 Å². The first-order valence-corrected chi connectivity index (χ1v) is 14.5. The third-order valence-corrected chi connectivity index (χ3v) is 8.87. The zero-order chi connectivity index (χ0) is 27.6. The summed E-state index contributed by atoms with van der Waals surface area (Å²) in [5, 5.41) is 16.0. The Morgan fingerprint density at radius 3 is 2.67 bits per heavy atom. The van der Waals surface area contributed by atoms with Gasteiger partial charge in [-0.2, -0.15) is 0 Å². The highest BCUT2D eigenvalue weighted by Gasteiger charge is 2.45. The normalized spacial score (nSPS) is 26.1. The van der Waals surface area contributed by atoms with Crippen LogP contribution in [0, 0.1) is 11.8 Å². The summed E-state index contributed by atoms with van der Waals surface area (Å²) in [4.78, 5) is 35.6. The standard InChI is InChI=1S/C18H20O4.C13H16N2O3/c19-15-7-5-13-11(15)2-1-3-18(13)22-10-8-14-12(17(21)9-10)4-6-16(14)20;16-13(14-9-4-2-1-3-5-9)15-10-8-18-11-6-7-17-12(10)11/h1-3,10,12,14,17,21H,4-9H2;6-9H,1-5H2,(H2,14,15,16)/t10-,12+,14?,17?;/m0./s1. The Morgan fingerprint density at radius 1 is 0.975 bits per heavy atom. The molecular weight excluding hydrogens is 512 g/mol. The van der Waals surface area contributed by atoms with Crippen LogP contribution in [-0.2, 0) is 11.2 Å². The molecule has 3 saturated carbocycles. The molecule has 0 aliphatic heterocycles. The van der Waals surface area contributed by atoms with E-state index in [4.69, 9.17) is 13.6 Å². The summed E-state index contributed by atoms with van der Waals surface area (Å²) in [7, 11) is 0. The summed E-state index contributed by atoms with van der Waals surface area (Å²) >= 11 is 0. The second-order valence-corrected chi connectivity index (χ2v) is 11.5. The molecule has 4 aliphatic carbocycles. The minimum Gasteiger partial charge on any atom is -0.490 e. The molecule has 0 radical (unpaired) electrons. The number of aliphatic hydroxyl groups excluding tert-OH is 1. The third-order valence-electron chi connectivity index (χ3n) is 8.87. The Hall–Kier alpha value is -3.59. The maximum atomic E-state index is 12.0. The summed E-state index contributed by atoms with van der Waals surface area (Å²) in [6.07, 6.45) is 12.2. The van der Waals surface area contributed by atoms with Gasteiger partial charge < -0.3 is 29.3 Å². The number of Topliss-reactive ketones (excluding diaryl/α,β-unsaturated/α-hetero) is 2. The number of carbonyl (C=O) groups excluding carboxylic acids is 3. The van der Waals surface area contributed by atoms with Crippen LogP contribution in [0.2, 0.25) is 0 Å². The molecule has 2 heterocycles. The average molecular weight is 549 g/mol. The van der Waals surface area contributed by atoms with Crippen molar-refractivity contribution in [1.82, 2.24) is 5.32 Å². The lowest BCUT2D eigenvalue weighted by Crippen LogP contribution is -2.40. The van der Waals surface area contributed by atoms with Crippen molar-refractivity contribution in [2.24, 2.45) is 11.8 Å². The minimum atomic E-state index is -0.450. The first-order valence-electron chi connectivity index (χ1n) is 14.5. The van der Waals surface area contributed by atoms with E-state index < -0.39 is 6.10 Å². The predicted molar refractivity (Wildman–Crippen MR) is 147 cm³/mol. The van der Waals surface area contributed by atoms with Crippen molar-refractivity contribution in [2.45, 2.75) is 88.9 Å². The summed E-state index contributed by atoms with van der Waals surface area (Å²) in [5.41, 5.74) is 3.55. The van der Waals surface area contributed by atoms with Gasteiger partial charge >= 0.3 is 6.03 Å². The minimum absolute atomic E-state index is 0.0489. The molecule has 0 saturated heterocycles. The number of furan rings is 2. The highest BCUT2D eigenvalue weighted by molar-refractivity contribution is 6.01. The lowest BCUT2D eigenvalue weighted by molar-refractivity contribution is -0.125. The van der Waals surface area contributed by atoms with Crippen molar-refractivity contribution < 1.29 is 33.1 Å². The molecule has 0 spiro atoms. The Balaban J connectivity index is 0.000000148. The van der Waals surface area contributed by atoms with E-state index in [9.17, 15) is 19.5 Å². The van der Waals surface area contributed by atoms with Crippen LogP contribution in [0.3, 0.4) is 0 Å². The molecule has 0 bridgehead atoms. The fourth-order valence-corrected chi connectivity index (χ4v) is 6.81. The number of ketones is 2. The van der Waals surface area contributed by atoms with Crippen LogP contribution in [0.1, 0.15) is 80.1 Å². The fraction of sp³-hybridized carbons (Fsp3) is 0.516. The molecule has 2 amide bonds. The van der Waals surface area contributed by atoms with Gasteiger partial charge in [-0.05, 0) is 44.1 Å². The van der Waals surface area contributed by atoms with Gasteiger partial charge in [0.15, 0.2) is 16.9 Å². The number of benzene rings is 1. The molecule has 212 valence electrons. The van der Waals surface area contributed by atoms with Gasteiger partial charge in [0, 0.05) is 48.4 Å².